The van der Waals surface area contributed by atoms with Crippen LogP contribution in [0.3, 0.4) is 0 Å². The summed E-state index contributed by atoms with van der Waals surface area (Å²) in [7, 11) is 0. The highest BCUT2D eigenvalue weighted by molar-refractivity contribution is 6.04. The van der Waals surface area contributed by atoms with Crippen LogP contribution in [-0.4, -0.2) is 69.0 Å². The Balaban J connectivity index is 1.42. The number of hydrogen-bond donors (Lipinski definition) is 2. The summed E-state index contributed by atoms with van der Waals surface area (Å²) in [5.41, 5.74) is -0.796. The summed E-state index contributed by atoms with van der Waals surface area (Å²) in [5, 5.41) is 14.7. The lowest BCUT2D eigenvalue weighted by molar-refractivity contribution is 0.107. The van der Waals surface area contributed by atoms with E-state index in [9.17, 15) is 13.9 Å². The van der Waals surface area contributed by atoms with Crippen molar-refractivity contribution in [1.82, 2.24) is 19.9 Å². The zero-order valence-electron chi connectivity index (χ0n) is 23.8. The molecule has 5 heterocycles. The highest BCUT2D eigenvalue weighted by Gasteiger charge is 2.49. The average Bonchev–Trinajstić information content (AvgIpc) is 3.43. The molecule has 2 fully saturated rings. The van der Waals surface area contributed by atoms with Crippen LogP contribution in [0.5, 0.6) is 17.6 Å². The summed E-state index contributed by atoms with van der Waals surface area (Å²) in [6.07, 6.45) is 6.83. The van der Waals surface area contributed by atoms with Gasteiger partial charge in [0.2, 0.25) is 5.88 Å². The van der Waals surface area contributed by atoms with E-state index in [0.29, 0.717) is 24.2 Å². The molecule has 43 heavy (non-hydrogen) atoms. The number of phenolic OH excluding ortho intramolecular Hbond substituents is 1. The van der Waals surface area contributed by atoms with E-state index in [-0.39, 0.29) is 75.9 Å². The maximum atomic E-state index is 16.7. The molecule has 2 saturated heterocycles. The average molecular weight is 590 g/mol. The molecule has 2 N–H and O–H groups in total. The number of nitrogens with one attached hydrogen (secondary N) is 1. The lowest BCUT2D eigenvalue weighted by Crippen LogP contribution is -2.43. The number of aromatic hydroxyl groups is 1. The molecule has 0 aliphatic carbocycles. The zero-order chi connectivity index (χ0) is 30.0. The normalized spacial score (nSPS) is 23.2. The van der Waals surface area contributed by atoms with E-state index in [2.05, 4.69) is 31.1 Å². The number of aromatic nitrogens is 3. The van der Waals surface area contributed by atoms with Gasteiger partial charge >= 0.3 is 6.01 Å². The Bertz CT molecular complexity index is 1830. The highest BCUT2D eigenvalue weighted by atomic mass is 19.1. The van der Waals surface area contributed by atoms with Gasteiger partial charge in [0.1, 0.15) is 53.4 Å². The van der Waals surface area contributed by atoms with Gasteiger partial charge < -0.3 is 19.9 Å². The van der Waals surface area contributed by atoms with Gasteiger partial charge in [0.25, 0.3) is 0 Å². The van der Waals surface area contributed by atoms with Crippen LogP contribution >= 0.6 is 0 Å². The van der Waals surface area contributed by atoms with Crippen LogP contribution in [0.2, 0.25) is 0 Å². The van der Waals surface area contributed by atoms with Gasteiger partial charge in [-0.3, -0.25) is 4.90 Å². The van der Waals surface area contributed by atoms with E-state index in [0.717, 1.165) is 19.4 Å². The minimum absolute atomic E-state index is 0.0685. The number of nitrogens with zero attached hydrogens (tertiary/aromatic N) is 4. The molecule has 2 aromatic carbocycles. The number of alkyl halides is 1. The van der Waals surface area contributed by atoms with Crippen molar-refractivity contribution >= 4 is 27.5 Å². The molecule has 0 radical (unpaired) electrons. The molecule has 222 valence electrons. The van der Waals surface area contributed by atoms with Crippen molar-refractivity contribution in [3.8, 4) is 41.2 Å². The molecule has 0 unspecified atom stereocenters. The number of rotatable bonds is 5. The van der Waals surface area contributed by atoms with Crippen molar-refractivity contribution < 1.29 is 27.8 Å². The number of halogens is 3. The molecule has 0 amide bonds. The maximum Gasteiger partial charge on any atom is 0.319 e. The molecule has 0 saturated carbocycles. The third-order valence-electron chi connectivity index (χ3n) is 8.94. The molecule has 8 nitrogen and oxygen atoms in total. The first-order valence-corrected chi connectivity index (χ1v) is 14.4. The molecule has 4 aromatic rings. The monoisotopic (exact) mass is 589 g/mol. The highest BCUT2D eigenvalue weighted by Crippen LogP contribution is 2.43. The second kappa shape index (κ2) is 10.2. The molecule has 0 bridgehead atoms. The van der Waals surface area contributed by atoms with E-state index in [1.165, 1.54) is 24.3 Å². The summed E-state index contributed by atoms with van der Waals surface area (Å²) < 4.78 is 58.1. The minimum atomic E-state index is -0.930. The van der Waals surface area contributed by atoms with Gasteiger partial charge in [-0.15, -0.1) is 6.42 Å². The van der Waals surface area contributed by atoms with Crippen LogP contribution in [0, 0.1) is 29.9 Å². The summed E-state index contributed by atoms with van der Waals surface area (Å²) in [6.45, 7) is 5.57. The fourth-order valence-electron chi connectivity index (χ4n) is 6.72. The summed E-state index contributed by atoms with van der Waals surface area (Å²) in [6, 6.07) is 5.11. The second-order valence-electron chi connectivity index (χ2n) is 12.0. The van der Waals surface area contributed by atoms with Gasteiger partial charge in [-0.1, -0.05) is 25.8 Å². The zero-order valence-corrected chi connectivity index (χ0v) is 23.8. The van der Waals surface area contributed by atoms with Gasteiger partial charge in [0, 0.05) is 23.9 Å². The Kier molecular flexibility index (Phi) is 6.50. The van der Waals surface area contributed by atoms with Gasteiger partial charge in [0.15, 0.2) is 5.82 Å². The largest absolute Gasteiger partial charge is 0.508 e. The minimum Gasteiger partial charge on any atom is -0.508 e. The van der Waals surface area contributed by atoms with Crippen LogP contribution in [0.4, 0.5) is 19.0 Å². The topological polar surface area (TPSA) is 92.6 Å². The summed E-state index contributed by atoms with van der Waals surface area (Å²) >= 11 is 0. The summed E-state index contributed by atoms with van der Waals surface area (Å²) in [5.74, 6) is 1.17. The van der Waals surface area contributed by atoms with Crippen LogP contribution in [0.1, 0.15) is 38.7 Å². The molecule has 3 aliphatic rings. The molecular weight excluding hydrogens is 559 g/mol. The molecule has 0 spiro atoms. The number of hydrogen-bond acceptors (Lipinski definition) is 8. The van der Waals surface area contributed by atoms with E-state index in [1.54, 1.807) is 0 Å². The Morgan fingerprint density at radius 1 is 1.23 bits per heavy atom. The maximum absolute atomic E-state index is 16.7. The molecular formula is C32H30F3N5O3. The Hall–Kier alpha value is -4.30. The Labute approximate surface area is 246 Å². The van der Waals surface area contributed by atoms with Gasteiger partial charge in [-0.05, 0) is 48.9 Å². The lowest BCUT2D eigenvalue weighted by atomic mass is 9.95. The Morgan fingerprint density at radius 2 is 2.07 bits per heavy atom. The SMILES string of the molecule is C#Cc1c(F)ccc2cc(O)cc(-c3nc4c5c(nc(OC[C@@]67CCCN6C[C@H](F)C7)nc5c3F)N[C@@H](C(C)C)CO4)c12. The van der Waals surface area contributed by atoms with Crippen molar-refractivity contribution in [2.24, 2.45) is 5.92 Å². The quantitative estimate of drug-likeness (QED) is 0.291. The van der Waals surface area contributed by atoms with Crippen molar-refractivity contribution in [2.75, 3.05) is 31.6 Å². The van der Waals surface area contributed by atoms with Crippen LogP contribution in [0.15, 0.2) is 24.3 Å². The molecule has 3 aliphatic heterocycles. The van der Waals surface area contributed by atoms with Crippen LogP contribution in [0.25, 0.3) is 32.9 Å². The number of anilines is 1. The fraction of sp³-hybridized carbons (Fsp3) is 0.406. The van der Waals surface area contributed by atoms with E-state index < -0.39 is 23.3 Å². The van der Waals surface area contributed by atoms with Gasteiger partial charge in [-0.25, -0.2) is 18.2 Å². The molecule has 7 rings (SSSR count). The first-order chi connectivity index (χ1) is 20.7. The predicted octanol–water partition coefficient (Wildman–Crippen LogP) is 5.59. The first-order valence-electron chi connectivity index (χ1n) is 14.4. The smallest absolute Gasteiger partial charge is 0.319 e. The van der Waals surface area contributed by atoms with E-state index >= 15 is 4.39 Å². The number of fused-ring (bicyclic) bond motifs is 2. The summed E-state index contributed by atoms with van der Waals surface area (Å²) in [4.78, 5) is 15.7. The number of phenols is 1. The van der Waals surface area contributed by atoms with Crippen molar-refractivity contribution in [2.45, 2.75) is 50.9 Å². The second-order valence-corrected chi connectivity index (χ2v) is 12.0. The molecule has 3 atom stereocenters. The van der Waals surface area contributed by atoms with Crippen LogP contribution < -0.4 is 14.8 Å². The van der Waals surface area contributed by atoms with Crippen LogP contribution in [-0.2, 0) is 0 Å². The third kappa shape index (κ3) is 4.47. The first kappa shape index (κ1) is 27.5. The standard InChI is InChI=1S/C32H30F3N5O3/c1-4-20-22(34)7-6-17-10-19(41)11-21(24(17)20)27-26(35)28-25-29(36-23(16(2)3)14-42-30(25)37-27)39-31(38-28)43-15-32-8-5-9-40(32)13-18(33)12-32/h1,6-7,10-11,16,18,23,41H,5,8-9,12-15H2,2-3H3,(H,36,38,39)/t18-,23-,32+/m1/s1. The predicted molar refractivity (Wildman–Crippen MR) is 156 cm³/mol. The molecule has 11 heteroatoms. The lowest BCUT2D eigenvalue weighted by Gasteiger charge is -2.30. The fourth-order valence-corrected chi connectivity index (χ4v) is 6.72. The van der Waals surface area contributed by atoms with E-state index in [1.807, 2.05) is 13.8 Å². The van der Waals surface area contributed by atoms with Gasteiger partial charge in [0.05, 0.1) is 17.1 Å². The number of pyridine rings is 1. The third-order valence-corrected chi connectivity index (χ3v) is 8.94. The van der Waals surface area contributed by atoms with Crippen molar-refractivity contribution in [1.29, 1.82) is 0 Å². The number of benzene rings is 2. The van der Waals surface area contributed by atoms with Gasteiger partial charge in [-0.2, -0.15) is 9.97 Å². The Morgan fingerprint density at radius 3 is 2.86 bits per heavy atom. The van der Waals surface area contributed by atoms with Crippen molar-refractivity contribution in [3.63, 3.8) is 0 Å². The number of ether oxygens (including phenoxy) is 2. The van der Waals surface area contributed by atoms with Crippen molar-refractivity contribution in [3.05, 3.63) is 41.5 Å². The number of terminal acetylenes is 1. The van der Waals surface area contributed by atoms with E-state index in [4.69, 9.17) is 15.9 Å². The molecule has 2 aromatic heterocycles.